The van der Waals surface area contributed by atoms with E-state index < -0.39 is 0 Å². The molecule has 0 bridgehead atoms. The first-order chi connectivity index (χ1) is 6.56. The number of ether oxygens (including phenoxy) is 1. The fourth-order valence-electron chi connectivity index (χ4n) is 1.84. The van der Waals surface area contributed by atoms with Crippen LogP contribution in [0.4, 0.5) is 0 Å². The molecule has 1 rings (SSSR count). The number of hydrogen-bond donors (Lipinski definition) is 2. The summed E-state index contributed by atoms with van der Waals surface area (Å²) in [5.74, 6) is 0. The highest BCUT2D eigenvalue weighted by atomic mass is 16.5. The van der Waals surface area contributed by atoms with E-state index in [-0.39, 0.29) is 11.5 Å². The van der Waals surface area contributed by atoms with E-state index in [4.69, 9.17) is 16.2 Å². The quantitative estimate of drug-likeness (QED) is 0.682. The first kappa shape index (κ1) is 11.4. The minimum absolute atomic E-state index is 0.106. The molecule has 80 valence electrons. The molecule has 0 aromatic carbocycles. The predicted octanol–water partition coefficient (Wildman–Crippen LogP) is 0.284. The second-order valence-corrected chi connectivity index (χ2v) is 3.96. The molecule has 2 atom stereocenters. The number of aliphatic imine (C=N–C) groups is 1. The van der Waals surface area contributed by atoms with Crippen molar-refractivity contribution in [2.24, 2.45) is 21.9 Å². The zero-order chi connectivity index (χ0) is 10.8. The van der Waals surface area contributed by atoms with Gasteiger partial charge in [-0.1, -0.05) is 6.92 Å². The van der Waals surface area contributed by atoms with E-state index in [0.717, 1.165) is 11.3 Å². The van der Waals surface area contributed by atoms with E-state index in [1.165, 1.54) is 0 Å². The highest BCUT2D eigenvalue weighted by molar-refractivity contribution is 5.90. The normalized spacial score (nSPS) is 32.5. The lowest BCUT2D eigenvalue weighted by molar-refractivity contribution is 0.108. The Morgan fingerprint density at radius 2 is 2.29 bits per heavy atom. The molecule has 1 heterocycles. The summed E-state index contributed by atoms with van der Waals surface area (Å²) < 4.78 is 5.20. The third kappa shape index (κ3) is 1.73. The molecule has 1 aliphatic rings. The van der Waals surface area contributed by atoms with Gasteiger partial charge in [-0.2, -0.15) is 0 Å². The van der Waals surface area contributed by atoms with Crippen LogP contribution in [0.1, 0.15) is 13.8 Å². The third-order valence-corrected chi connectivity index (χ3v) is 2.96. The fourth-order valence-corrected chi connectivity index (χ4v) is 1.84. The molecule has 0 amide bonds. The van der Waals surface area contributed by atoms with E-state index >= 15 is 0 Å². The Kier molecular flexibility index (Phi) is 3.42. The summed E-state index contributed by atoms with van der Waals surface area (Å²) in [4.78, 5) is 4.23. The van der Waals surface area contributed by atoms with Crippen molar-refractivity contribution in [3.05, 3.63) is 11.8 Å². The van der Waals surface area contributed by atoms with Crippen molar-refractivity contribution < 1.29 is 4.74 Å². The SMILES string of the molecule is COCC1(C)C(CN)=CN=C(C)C1N. The average Bonchev–Trinajstić information content (AvgIpc) is 2.15. The standard InChI is InChI=1S/C10H19N3O/c1-7-9(12)10(2,6-14-3)8(4-11)5-13-7/h5,9H,4,6,11-12H2,1-3H3. The topological polar surface area (TPSA) is 73.6 Å². The number of hydrogen-bond acceptors (Lipinski definition) is 4. The monoisotopic (exact) mass is 197 g/mol. The molecule has 4 heteroatoms. The molecule has 2 unspecified atom stereocenters. The smallest absolute Gasteiger partial charge is 0.0573 e. The van der Waals surface area contributed by atoms with Crippen LogP contribution < -0.4 is 11.5 Å². The van der Waals surface area contributed by atoms with Crippen molar-refractivity contribution in [3.8, 4) is 0 Å². The van der Waals surface area contributed by atoms with Gasteiger partial charge in [0, 0.05) is 31.0 Å². The molecule has 0 saturated heterocycles. The van der Waals surface area contributed by atoms with Crippen LogP contribution in [0.2, 0.25) is 0 Å². The molecule has 0 aliphatic carbocycles. The van der Waals surface area contributed by atoms with Gasteiger partial charge in [0.25, 0.3) is 0 Å². The van der Waals surface area contributed by atoms with Gasteiger partial charge in [0.15, 0.2) is 0 Å². The second kappa shape index (κ2) is 4.21. The molecule has 0 spiro atoms. The van der Waals surface area contributed by atoms with E-state index in [9.17, 15) is 0 Å². The van der Waals surface area contributed by atoms with Crippen LogP contribution in [0.25, 0.3) is 0 Å². The van der Waals surface area contributed by atoms with Gasteiger partial charge in [0.2, 0.25) is 0 Å². The van der Waals surface area contributed by atoms with Crippen molar-refractivity contribution in [2.75, 3.05) is 20.3 Å². The zero-order valence-corrected chi connectivity index (χ0v) is 9.08. The molecule has 0 saturated carbocycles. The van der Waals surface area contributed by atoms with Crippen LogP contribution in [0, 0.1) is 5.41 Å². The van der Waals surface area contributed by atoms with Gasteiger partial charge in [-0.25, -0.2) is 0 Å². The van der Waals surface area contributed by atoms with Crippen molar-refractivity contribution in [3.63, 3.8) is 0 Å². The van der Waals surface area contributed by atoms with Gasteiger partial charge < -0.3 is 16.2 Å². The van der Waals surface area contributed by atoms with E-state index in [1.807, 2.05) is 13.1 Å². The summed E-state index contributed by atoms with van der Waals surface area (Å²) in [6, 6.07) is -0.106. The molecular weight excluding hydrogens is 178 g/mol. The molecule has 1 aliphatic heterocycles. The summed E-state index contributed by atoms with van der Waals surface area (Å²) in [5, 5.41) is 0. The fraction of sp³-hybridized carbons (Fsp3) is 0.700. The van der Waals surface area contributed by atoms with Crippen LogP contribution in [0.15, 0.2) is 16.8 Å². The molecular formula is C10H19N3O. The molecule has 0 aromatic heterocycles. The van der Waals surface area contributed by atoms with Crippen molar-refractivity contribution in [1.29, 1.82) is 0 Å². The zero-order valence-electron chi connectivity index (χ0n) is 9.08. The van der Waals surface area contributed by atoms with Crippen molar-refractivity contribution in [2.45, 2.75) is 19.9 Å². The van der Waals surface area contributed by atoms with Gasteiger partial charge in [0.1, 0.15) is 0 Å². The van der Waals surface area contributed by atoms with Crippen LogP contribution in [-0.2, 0) is 4.74 Å². The first-order valence-corrected chi connectivity index (χ1v) is 4.74. The lowest BCUT2D eigenvalue weighted by Crippen LogP contribution is -2.51. The van der Waals surface area contributed by atoms with Crippen LogP contribution >= 0.6 is 0 Å². The maximum atomic E-state index is 6.10. The van der Waals surface area contributed by atoms with Gasteiger partial charge in [-0.15, -0.1) is 0 Å². The number of rotatable bonds is 3. The van der Waals surface area contributed by atoms with E-state index in [1.54, 1.807) is 7.11 Å². The maximum Gasteiger partial charge on any atom is 0.0573 e. The van der Waals surface area contributed by atoms with Gasteiger partial charge in [0.05, 0.1) is 12.6 Å². The molecule has 0 radical (unpaired) electrons. The Morgan fingerprint density at radius 1 is 1.64 bits per heavy atom. The average molecular weight is 197 g/mol. The Balaban J connectivity index is 3.02. The van der Waals surface area contributed by atoms with E-state index in [0.29, 0.717) is 13.2 Å². The summed E-state index contributed by atoms with van der Waals surface area (Å²) in [6.45, 7) is 5.05. The number of nitrogens with zero attached hydrogens (tertiary/aromatic N) is 1. The minimum atomic E-state index is -0.213. The third-order valence-electron chi connectivity index (χ3n) is 2.96. The summed E-state index contributed by atoms with van der Waals surface area (Å²) in [6.07, 6.45) is 1.82. The lowest BCUT2D eigenvalue weighted by Gasteiger charge is -2.38. The number of nitrogens with two attached hydrogens (primary N) is 2. The maximum absolute atomic E-state index is 6.10. The Labute approximate surface area is 85.0 Å². The Hall–Kier alpha value is -0.710. The van der Waals surface area contributed by atoms with Crippen molar-refractivity contribution >= 4 is 5.71 Å². The van der Waals surface area contributed by atoms with Gasteiger partial charge >= 0.3 is 0 Å². The summed E-state index contributed by atoms with van der Waals surface area (Å²) >= 11 is 0. The highest BCUT2D eigenvalue weighted by Crippen LogP contribution is 2.33. The first-order valence-electron chi connectivity index (χ1n) is 4.74. The van der Waals surface area contributed by atoms with Crippen molar-refractivity contribution in [1.82, 2.24) is 0 Å². The van der Waals surface area contributed by atoms with Crippen LogP contribution in [0.5, 0.6) is 0 Å². The molecule has 4 N–H and O–H groups in total. The van der Waals surface area contributed by atoms with Crippen LogP contribution in [0.3, 0.4) is 0 Å². The van der Waals surface area contributed by atoms with Gasteiger partial charge in [-0.3, -0.25) is 4.99 Å². The Morgan fingerprint density at radius 3 is 2.79 bits per heavy atom. The largest absolute Gasteiger partial charge is 0.384 e. The second-order valence-electron chi connectivity index (χ2n) is 3.96. The Bertz CT molecular complexity index is 273. The van der Waals surface area contributed by atoms with Gasteiger partial charge in [-0.05, 0) is 12.5 Å². The summed E-state index contributed by atoms with van der Waals surface area (Å²) in [5.41, 5.74) is 13.5. The molecule has 0 aromatic rings. The van der Waals surface area contributed by atoms with Crippen LogP contribution in [-0.4, -0.2) is 32.0 Å². The molecule has 4 nitrogen and oxygen atoms in total. The molecule has 0 fully saturated rings. The summed E-state index contributed by atoms with van der Waals surface area (Å²) in [7, 11) is 1.67. The molecule has 14 heavy (non-hydrogen) atoms. The minimum Gasteiger partial charge on any atom is -0.384 e. The highest BCUT2D eigenvalue weighted by Gasteiger charge is 2.38. The lowest BCUT2D eigenvalue weighted by atomic mass is 9.73. The van der Waals surface area contributed by atoms with E-state index in [2.05, 4.69) is 11.9 Å². The predicted molar refractivity (Wildman–Crippen MR) is 58.2 cm³/mol. The number of methoxy groups -OCH3 is 1.